The van der Waals surface area contributed by atoms with Gasteiger partial charge in [0.2, 0.25) is 0 Å². The van der Waals surface area contributed by atoms with Gasteiger partial charge >= 0.3 is 0 Å². The third-order valence-corrected chi connectivity index (χ3v) is 5.20. The maximum Gasteiger partial charge on any atom is 0.138 e. The van der Waals surface area contributed by atoms with Gasteiger partial charge in [-0.2, -0.15) is 0 Å². The molecule has 0 aliphatic rings. The van der Waals surface area contributed by atoms with Gasteiger partial charge in [-0.05, 0) is 41.5 Å². The van der Waals surface area contributed by atoms with Crippen molar-refractivity contribution in [3.05, 3.63) is 95.6 Å². The Morgan fingerprint density at radius 2 is 1.43 bits per heavy atom. The molecule has 0 aromatic heterocycles. The Hall–Kier alpha value is -3.00. The summed E-state index contributed by atoms with van der Waals surface area (Å²) in [5.74, 6) is -0.651. The number of fused-ring (bicyclic) bond motifs is 1. The third kappa shape index (κ3) is 3.43. The van der Waals surface area contributed by atoms with Crippen LogP contribution in [0.15, 0.2) is 72.8 Å². The largest absolute Gasteiger partial charge is 0.206 e. The fourth-order valence-electron chi connectivity index (χ4n) is 3.66. The van der Waals surface area contributed by atoms with Crippen molar-refractivity contribution in [3.8, 4) is 22.3 Å². The smallest absolute Gasteiger partial charge is 0.138 e. The minimum absolute atomic E-state index is 0.303. The normalized spacial score (nSPS) is 11.1. The lowest BCUT2D eigenvalue weighted by Gasteiger charge is -2.11. The van der Waals surface area contributed by atoms with Crippen molar-refractivity contribution >= 4 is 10.8 Å². The first-order valence-corrected chi connectivity index (χ1v) is 9.65. The Morgan fingerprint density at radius 1 is 0.714 bits per heavy atom. The van der Waals surface area contributed by atoms with E-state index >= 15 is 4.39 Å². The van der Waals surface area contributed by atoms with Gasteiger partial charge in [-0.15, -0.1) is 0 Å². The number of halogens is 2. The number of rotatable bonds is 4. The predicted octanol–water partition coefficient (Wildman–Crippen LogP) is 7.71. The van der Waals surface area contributed by atoms with Crippen LogP contribution in [0.5, 0.6) is 0 Å². The zero-order valence-electron chi connectivity index (χ0n) is 16.1. The highest BCUT2D eigenvalue weighted by Crippen LogP contribution is 2.32. The van der Waals surface area contributed by atoms with Crippen LogP contribution in [0, 0.1) is 18.6 Å². The molecule has 2 heteroatoms. The molecule has 0 atom stereocenters. The number of aryl methyl sites for hydroxylation is 2. The van der Waals surface area contributed by atoms with Crippen LogP contribution in [0.1, 0.15) is 24.5 Å². The summed E-state index contributed by atoms with van der Waals surface area (Å²) in [4.78, 5) is 0. The lowest BCUT2D eigenvalue weighted by atomic mass is 9.96. The maximum absolute atomic E-state index is 15.1. The van der Waals surface area contributed by atoms with E-state index in [0.717, 1.165) is 29.4 Å². The Morgan fingerprint density at radius 3 is 2.14 bits per heavy atom. The summed E-state index contributed by atoms with van der Waals surface area (Å²) in [7, 11) is 0. The Kier molecular flexibility index (Phi) is 4.95. The molecule has 0 fully saturated rings. The molecule has 0 aliphatic carbocycles. The zero-order chi connectivity index (χ0) is 19.7. The molecule has 28 heavy (non-hydrogen) atoms. The van der Waals surface area contributed by atoms with Crippen molar-refractivity contribution in [3.63, 3.8) is 0 Å². The van der Waals surface area contributed by atoms with Gasteiger partial charge in [-0.3, -0.25) is 0 Å². The van der Waals surface area contributed by atoms with E-state index < -0.39 is 0 Å². The van der Waals surface area contributed by atoms with E-state index in [9.17, 15) is 4.39 Å². The van der Waals surface area contributed by atoms with Crippen LogP contribution < -0.4 is 0 Å². The zero-order valence-corrected chi connectivity index (χ0v) is 16.1. The van der Waals surface area contributed by atoms with Crippen LogP contribution in [0.2, 0.25) is 0 Å². The molecule has 0 saturated heterocycles. The standard InChI is InChI=1S/C26H22F2/c1-3-4-18-7-12-23-20(15-18)11-14-24(26(23)28)21-10-13-22(25(27)16-21)19-8-5-17(2)6-9-19/h5-16H,3-4H2,1-2H3. The average molecular weight is 372 g/mol. The monoisotopic (exact) mass is 372 g/mol. The van der Waals surface area contributed by atoms with Crippen LogP contribution in [0.3, 0.4) is 0 Å². The molecule has 0 aliphatic heterocycles. The second-order valence-electron chi connectivity index (χ2n) is 7.29. The van der Waals surface area contributed by atoms with Crippen LogP contribution in [0.25, 0.3) is 33.0 Å². The van der Waals surface area contributed by atoms with Crippen molar-refractivity contribution in [2.24, 2.45) is 0 Å². The summed E-state index contributed by atoms with van der Waals surface area (Å²) in [6.45, 7) is 4.12. The van der Waals surface area contributed by atoms with Gasteiger partial charge in [0.1, 0.15) is 11.6 Å². The molecule has 140 valence electrons. The molecule has 0 bridgehead atoms. The molecule has 0 heterocycles. The Bertz CT molecular complexity index is 1140. The van der Waals surface area contributed by atoms with E-state index in [1.165, 1.54) is 11.6 Å². The first kappa shape index (κ1) is 18.4. The molecule has 0 amide bonds. The minimum Gasteiger partial charge on any atom is -0.206 e. The van der Waals surface area contributed by atoms with Gasteiger partial charge in [0, 0.05) is 16.5 Å². The Balaban J connectivity index is 1.75. The van der Waals surface area contributed by atoms with E-state index in [1.54, 1.807) is 18.2 Å². The number of benzene rings is 4. The molecule has 4 aromatic rings. The minimum atomic E-state index is -0.348. The van der Waals surface area contributed by atoms with Gasteiger partial charge in [-0.25, -0.2) is 8.78 Å². The lowest BCUT2D eigenvalue weighted by molar-refractivity contribution is 0.630. The van der Waals surface area contributed by atoms with E-state index in [0.29, 0.717) is 22.1 Å². The fourth-order valence-corrected chi connectivity index (χ4v) is 3.66. The summed E-state index contributed by atoms with van der Waals surface area (Å²) in [5.41, 5.74) is 4.64. The van der Waals surface area contributed by atoms with E-state index in [2.05, 4.69) is 6.92 Å². The van der Waals surface area contributed by atoms with Gasteiger partial charge in [-0.1, -0.05) is 85.6 Å². The maximum atomic E-state index is 15.1. The first-order chi connectivity index (χ1) is 13.6. The highest BCUT2D eigenvalue weighted by atomic mass is 19.1. The van der Waals surface area contributed by atoms with Crippen molar-refractivity contribution < 1.29 is 8.78 Å². The van der Waals surface area contributed by atoms with Gasteiger partial charge in [0.05, 0.1) is 0 Å². The molecule has 0 unspecified atom stereocenters. The molecule has 0 saturated carbocycles. The second kappa shape index (κ2) is 7.55. The first-order valence-electron chi connectivity index (χ1n) is 9.65. The third-order valence-electron chi connectivity index (χ3n) is 5.20. The molecule has 0 N–H and O–H groups in total. The van der Waals surface area contributed by atoms with Gasteiger partial charge in [0.25, 0.3) is 0 Å². The van der Waals surface area contributed by atoms with Crippen LogP contribution in [0.4, 0.5) is 8.78 Å². The quantitative estimate of drug-likeness (QED) is 0.344. The molecule has 0 radical (unpaired) electrons. The van der Waals surface area contributed by atoms with E-state index in [1.807, 2.05) is 55.5 Å². The highest BCUT2D eigenvalue weighted by molar-refractivity contribution is 5.89. The topological polar surface area (TPSA) is 0 Å². The highest BCUT2D eigenvalue weighted by Gasteiger charge is 2.13. The summed E-state index contributed by atoms with van der Waals surface area (Å²) in [5, 5.41) is 1.45. The van der Waals surface area contributed by atoms with E-state index in [4.69, 9.17) is 0 Å². The summed E-state index contributed by atoms with van der Waals surface area (Å²) < 4.78 is 29.9. The molecule has 4 rings (SSSR count). The Labute approximate surface area is 164 Å². The molecule has 0 spiro atoms. The summed E-state index contributed by atoms with van der Waals surface area (Å²) >= 11 is 0. The van der Waals surface area contributed by atoms with Crippen LogP contribution in [-0.2, 0) is 6.42 Å². The second-order valence-corrected chi connectivity index (χ2v) is 7.29. The summed E-state index contributed by atoms with van der Waals surface area (Å²) in [6, 6.07) is 22.1. The lowest BCUT2D eigenvalue weighted by Crippen LogP contribution is -1.91. The average Bonchev–Trinajstić information content (AvgIpc) is 2.69. The van der Waals surface area contributed by atoms with Crippen LogP contribution >= 0.6 is 0 Å². The molecule has 0 nitrogen and oxygen atoms in total. The molecular formula is C26H22F2. The van der Waals surface area contributed by atoms with Crippen molar-refractivity contribution in [1.29, 1.82) is 0 Å². The fraction of sp³-hybridized carbons (Fsp3) is 0.154. The van der Waals surface area contributed by atoms with Gasteiger partial charge < -0.3 is 0 Å². The van der Waals surface area contributed by atoms with Crippen molar-refractivity contribution in [2.45, 2.75) is 26.7 Å². The molecular weight excluding hydrogens is 350 g/mol. The van der Waals surface area contributed by atoms with Crippen molar-refractivity contribution in [2.75, 3.05) is 0 Å². The van der Waals surface area contributed by atoms with Crippen molar-refractivity contribution in [1.82, 2.24) is 0 Å². The number of hydrogen-bond donors (Lipinski definition) is 0. The predicted molar refractivity (Wildman–Crippen MR) is 113 cm³/mol. The SMILES string of the molecule is CCCc1ccc2c(F)c(-c3ccc(-c4ccc(C)cc4)c(F)c3)ccc2c1. The van der Waals surface area contributed by atoms with E-state index in [-0.39, 0.29) is 11.6 Å². The van der Waals surface area contributed by atoms with Crippen LogP contribution in [-0.4, -0.2) is 0 Å². The molecule has 4 aromatic carbocycles. The van der Waals surface area contributed by atoms with Gasteiger partial charge in [0.15, 0.2) is 0 Å². The number of hydrogen-bond acceptors (Lipinski definition) is 0. The summed E-state index contributed by atoms with van der Waals surface area (Å²) in [6.07, 6.45) is 2.03.